The zero-order valence-electron chi connectivity index (χ0n) is 8.79. The molecule has 0 fully saturated rings. The summed E-state index contributed by atoms with van der Waals surface area (Å²) >= 11 is 1.59. The van der Waals surface area contributed by atoms with Crippen molar-refractivity contribution in [2.75, 3.05) is 13.2 Å². The van der Waals surface area contributed by atoms with Crippen molar-refractivity contribution in [1.82, 2.24) is 4.98 Å². The van der Waals surface area contributed by atoms with Gasteiger partial charge in [0.1, 0.15) is 11.6 Å². The summed E-state index contributed by atoms with van der Waals surface area (Å²) in [5.74, 6) is 0.0978. The molecule has 0 aliphatic rings. The predicted molar refractivity (Wildman–Crippen MR) is 56.8 cm³/mol. The zero-order chi connectivity index (χ0) is 10.6. The molecule has 3 nitrogen and oxygen atoms in total. The third kappa shape index (κ3) is 3.20. The number of ether oxygens (including phenoxy) is 1. The first-order valence-electron chi connectivity index (χ1n) is 4.65. The van der Waals surface area contributed by atoms with Gasteiger partial charge in [0.2, 0.25) is 0 Å². The number of rotatable bonds is 5. The summed E-state index contributed by atoms with van der Waals surface area (Å²) in [6.45, 7) is 6.65. The fraction of sp³-hybridized carbons (Fsp3) is 0.600. The van der Waals surface area contributed by atoms with E-state index >= 15 is 0 Å². The highest BCUT2D eigenvalue weighted by Gasteiger charge is 2.08. The highest BCUT2D eigenvalue weighted by atomic mass is 32.1. The number of Topliss-reactive ketones (excluding diaryl/α,β-unsaturated/α-hetero) is 1. The molecule has 1 aromatic rings. The van der Waals surface area contributed by atoms with Gasteiger partial charge in [-0.15, -0.1) is 11.3 Å². The van der Waals surface area contributed by atoms with Crippen LogP contribution < -0.4 is 0 Å². The molecule has 4 heteroatoms. The van der Waals surface area contributed by atoms with Crippen molar-refractivity contribution in [2.45, 2.75) is 27.2 Å². The van der Waals surface area contributed by atoms with Crippen molar-refractivity contribution in [3.8, 4) is 0 Å². The average Bonchev–Trinajstić information content (AvgIpc) is 2.42. The van der Waals surface area contributed by atoms with Gasteiger partial charge in [0.05, 0.1) is 12.1 Å². The Bertz CT molecular complexity index is 300. The van der Waals surface area contributed by atoms with E-state index in [1.54, 1.807) is 11.3 Å². The molecular weight excluding hydrogens is 198 g/mol. The highest BCUT2D eigenvalue weighted by molar-refractivity contribution is 7.11. The lowest BCUT2D eigenvalue weighted by Crippen LogP contribution is -2.11. The van der Waals surface area contributed by atoms with Gasteiger partial charge in [-0.25, -0.2) is 4.98 Å². The second-order valence-electron chi connectivity index (χ2n) is 3.10. The van der Waals surface area contributed by atoms with Crippen molar-refractivity contribution in [2.24, 2.45) is 0 Å². The largest absolute Gasteiger partial charge is 0.374 e. The molecule has 0 aliphatic heterocycles. The third-order valence-electron chi connectivity index (χ3n) is 1.89. The molecule has 0 bridgehead atoms. The molecule has 1 heterocycles. The SMILES string of the molecule is CCOCC(=O)Cc1nc(C)c(C)s1. The molecule has 1 rings (SSSR count). The Morgan fingerprint density at radius 1 is 1.50 bits per heavy atom. The molecule has 0 atom stereocenters. The summed E-state index contributed by atoms with van der Waals surface area (Å²) in [7, 11) is 0. The summed E-state index contributed by atoms with van der Waals surface area (Å²) in [5.41, 5.74) is 1.02. The van der Waals surface area contributed by atoms with Crippen LogP contribution in [-0.4, -0.2) is 24.0 Å². The lowest BCUT2D eigenvalue weighted by Gasteiger charge is -1.97. The van der Waals surface area contributed by atoms with Gasteiger partial charge in [0.25, 0.3) is 0 Å². The first-order valence-corrected chi connectivity index (χ1v) is 5.47. The molecule has 0 amide bonds. The van der Waals surface area contributed by atoms with Crippen LogP contribution in [0.2, 0.25) is 0 Å². The Hall–Kier alpha value is -0.740. The number of carbonyl (C=O) groups excluding carboxylic acids is 1. The Morgan fingerprint density at radius 2 is 2.21 bits per heavy atom. The van der Waals surface area contributed by atoms with Gasteiger partial charge in [-0.3, -0.25) is 4.79 Å². The van der Waals surface area contributed by atoms with E-state index in [-0.39, 0.29) is 12.4 Å². The molecule has 0 saturated heterocycles. The Morgan fingerprint density at radius 3 is 2.71 bits per heavy atom. The summed E-state index contributed by atoms with van der Waals surface area (Å²) in [6.07, 6.45) is 0.402. The van der Waals surface area contributed by atoms with Gasteiger partial charge in [-0.2, -0.15) is 0 Å². The lowest BCUT2D eigenvalue weighted by molar-refractivity contribution is -0.122. The standard InChI is InChI=1S/C10H15NO2S/c1-4-13-6-9(12)5-10-11-7(2)8(3)14-10/h4-6H2,1-3H3. The van der Waals surface area contributed by atoms with Gasteiger partial charge in [-0.05, 0) is 20.8 Å². The molecular formula is C10H15NO2S. The molecule has 78 valence electrons. The van der Waals surface area contributed by atoms with Gasteiger partial charge >= 0.3 is 0 Å². The van der Waals surface area contributed by atoms with E-state index in [1.807, 2.05) is 20.8 Å². The smallest absolute Gasteiger partial charge is 0.165 e. The van der Waals surface area contributed by atoms with E-state index < -0.39 is 0 Å². The van der Waals surface area contributed by atoms with Crippen LogP contribution in [0.3, 0.4) is 0 Å². The van der Waals surface area contributed by atoms with E-state index in [2.05, 4.69) is 4.98 Å². The topological polar surface area (TPSA) is 39.2 Å². The van der Waals surface area contributed by atoms with Crippen LogP contribution in [-0.2, 0) is 16.0 Å². The number of ketones is 1. The number of hydrogen-bond acceptors (Lipinski definition) is 4. The Labute approximate surface area is 88.1 Å². The first kappa shape index (κ1) is 11.3. The average molecular weight is 213 g/mol. The van der Waals surface area contributed by atoms with Crippen molar-refractivity contribution in [3.63, 3.8) is 0 Å². The second-order valence-corrected chi connectivity index (χ2v) is 4.39. The quantitative estimate of drug-likeness (QED) is 0.750. The van der Waals surface area contributed by atoms with Crippen molar-refractivity contribution < 1.29 is 9.53 Å². The van der Waals surface area contributed by atoms with E-state index in [4.69, 9.17) is 4.74 Å². The molecule has 0 unspecified atom stereocenters. The van der Waals surface area contributed by atoms with Crippen molar-refractivity contribution in [3.05, 3.63) is 15.6 Å². The van der Waals surface area contributed by atoms with Crippen LogP contribution in [0, 0.1) is 13.8 Å². The van der Waals surface area contributed by atoms with Gasteiger partial charge < -0.3 is 4.74 Å². The maximum absolute atomic E-state index is 11.3. The van der Waals surface area contributed by atoms with E-state index in [0.29, 0.717) is 13.0 Å². The molecule has 0 radical (unpaired) electrons. The van der Waals surface area contributed by atoms with Crippen LogP contribution >= 0.6 is 11.3 Å². The Balaban J connectivity index is 2.48. The van der Waals surface area contributed by atoms with Gasteiger partial charge in [0, 0.05) is 11.5 Å². The van der Waals surface area contributed by atoms with E-state index in [9.17, 15) is 4.79 Å². The summed E-state index contributed by atoms with van der Waals surface area (Å²) in [4.78, 5) is 16.8. The van der Waals surface area contributed by atoms with Gasteiger partial charge in [-0.1, -0.05) is 0 Å². The molecule has 0 aliphatic carbocycles. The fourth-order valence-electron chi connectivity index (χ4n) is 1.05. The highest BCUT2D eigenvalue weighted by Crippen LogP contribution is 2.16. The number of hydrogen-bond donors (Lipinski definition) is 0. The number of aromatic nitrogens is 1. The predicted octanol–water partition coefficient (Wildman–Crippen LogP) is 1.91. The number of carbonyl (C=O) groups is 1. The van der Waals surface area contributed by atoms with Crippen LogP contribution in [0.4, 0.5) is 0 Å². The molecule has 1 aromatic heterocycles. The first-order chi connectivity index (χ1) is 6.63. The monoisotopic (exact) mass is 213 g/mol. The molecule has 0 N–H and O–H groups in total. The number of thiazole rings is 1. The maximum atomic E-state index is 11.3. The summed E-state index contributed by atoms with van der Waals surface area (Å²) < 4.78 is 5.03. The van der Waals surface area contributed by atoms with Crippen LogP contribution in [0.15, 0.2) is 0 Å². The number of aryl methyl sites for hydroxylation is 2. The normalized spacial score (nSPS) is 10.5. The summed E-state index contributed by atoms with van der Waals surface area (Å²) in [5, 5.41) is 0.893. The van der Waals surface area contributed by atoms with E-state index in [0.717, 1.165) is 10.7 Å². The minimum atomic E-state index is 0.0978. The minimum Gasteiger partial charge on any atom is -0.374 e. The lowest BCUT2D eigenvalue weighted by atomic mass is 10.3. The van der Waals surface area contributed by atoms with E-state index in [1.165, 1.54) is 4.88 Å². The van der Waals surface area contributed by atoms with Crippen LogP contribution in [0.25, 0.3) is 0 Å². The molecule has 14 heavy (non-hydrogen) atoms. The summed E-state index contributed by atoms with van der Waals surface area (Å²) in [6, 6.07) is 0. The van der Waals surface area contributed by atoms with Crippen molar-refractivity contribution >= 4 is 17.1 Å². The van der Waals surface area contributed by atoms with Crippen LogP contribution in [0.1, 0.15) is 22.5 Å². The minimum absolute atomic E-state index is 0.0978. The third-order valence-corrected chi connectivity index (χ3v) is 2.96. The zero-order valence-corrected chi connectivity index (χ0v) is 9.61. The fourth-order valence-corrected chi connectivity index (χ4v) is 2.01. The maximum Gasteiger partial charge on any atom is 0.165 e. The second kappa shape index (κ2) is 5.22. The molecule has 0 saturated carbocycles. The molecule has 0 aromatic carbocycles. The Kier molecular flexibility index (Phi) is 4.22. The van der Waals surface area contributed by atoms with Gasteiger partial charge in [0.15, 0.2) is 5.78 Å². The molecule has 0 spiro atoms. The van der Waals surface area contributed by atoms with Crippen molar-refractivity contribution in [1.29, 1.82) is 0 Å². The van der Waals surface area contributed by atoms with Crippen LogP contribution in [0.5, 0.6) is 0 Å². The number of nitrogens with zero attached hydrogens (tertiary/aromatic N) is 1.